The van der Waals surface area contributed by atoms with Gasteiger partial charge >= 0.3 is 19.5 Å². The van der Waals surface area contributed by atoms with Gasteiger partial charge in [-0.15, -0.1) is 0 Å². The summed E-state index contributed by atoms with van der Waals surface area (Å²) in [5, 5.41) is 5.81. The van der Waals surface area contributed by atoms with Crippen molar-refractivity contribution in [2.24, 2.45) is 0 Å². The van der Waals surface area contributed by atoms with Crippen LogP contribution in [0.4, 0.5) is 5.82 Å². The summed E-state index contributed by atoms with van der Waals surface area (Å²) in [5.41, 5.74) is 0.190. The van der Waals surface area contributed by atoms with Crippen LogP contribution >= 0.6 is 7.52 Å². The van der Waals surface area contributed by atoms with Crippen LogP contribution in [0.5, 0.6) is 5.75 Å². The Balaban J connectivity index is 1.78. The summed E-state index contributed by atoms with van der Waals surface area (Å²) in [5.74, 6) is -0.264. The molecule has 2 heterocycles. The number of aromatic nitrogens is 4. The second-order valence-electron chi connectivity index (χ2n) is 9.85. The molecule has 218 valence electrons. The first-order valence-electron chi connectivity index (χ1n) is 12.9. The first kappa shape index (κ1) is 31.0. The second kappa shape index (κ2) is 13.2. The molecule has 3 aromatic rings. The molecular formula is C26H37N6O7P. The third-order valence-electron chi connectivity index (χ3n) is 5.54. The van der Waals surface area contributed by atoms with E-state index < -0.39 is 31.1 Å². The molecule has 2 unspecified atom stereocenters. The van der Waals surface area contributed by atoms with Crippen molar-refractivity contribution in [3.05, 3.63) is 42.5 Å². The van der Waals surface area contributed by atoms with Gasteiger partial charge < -0.3 is 28.6 Å². The van der Waals surface area contributed by atoms with Gasteiger partial charge in [-0.3, -0.25) is 9.36 Å². The van der Waals surface area contributed by atoms with E-state index in [9.17, 15) is 14.2 Å². The van der Waals surface area contributed by atoms with Crippen molar-refractivity contribution in [2.75, 3.05) is 25.3 Å². The van der Waals surface area contributed by atoms with Crippen molar-refractivity contribution >= 4 is 36.4 Å². The van der Waals surface area contributed by atoms with E-state index in [1.807, 2.05) is 6.92 Å². The van der Waals surface area contributed by atoms with Crippen LogP contribution in [0.2, 0.25) is 0 Å². The fraction of sp³-hybridized carbons (Fsp3) is 0.500. The van der Waals surface area contributed by atoms with Crippen molar-refractivity contribution in [2.45, 2.75) is 65.8 Å². The molecule has 0 amide bonds. The Bertz CT molecular complexity index is 1360. The molecule has 1 aromatic carbocycles. The van der Waals surface area contributed by atoms with Gasteiger partial charge in [0.1, 0.15) is 29.5 Å². The fourth-order valence-corrected chi connectivity index (χ4v) is 5.72. The maximum Gasteiger partial charge on any atom is 0.342 e. The standard InChI is InChI=1S/C26H37N6O7P/c1-8-36-24(33)19-9-11-20(12-10-19)39-40(35,31-26(5,6)25(34)38-17(2)3)16-37-18(4)13-32-15-30-21-22(27-7)28-14-29-23(21)32/h9-12,14-15,17-18H,8,13,16H2,1-7H3,(H,31,35)(H,27,28,29). The number of nitrogens with one attached hydrogen (secondary N) is 2. The predicted octanol–water partition coefficient (Wildman–Crippen LogP) is 4.00. The third kappa shape index (κ3) is 8.00. The van der Waals surface area contributed by atoms with Gasteiger partial charge in [-0.05, 0) is 65.8 Å². The Morgan fingerprint density at radius 1 is 1.10 bits per heavy atom. The van der Waals surface area contributed by atoms with Crippen molar-refractivity contribution < 1.29 is 32.9 Å². The van der Waals surface area contributed by atoms with Gasteiger partial charge in [-0.25, -0.2) is 24.8 Å². The highest BCUT2D eigenvalue weighted by molar-refractivity contribution is 7.57. The van der Waals surface area contributed by atoms with Crippen molar-refractivity contribution in [3.8, 4) is 5.75 Å². The molecule has 0 aliphatic heterocycles. The normalized spacial score (nSPS) is 14.0. The lowest BCUT2D eigenvalue weighted by molar-refractivity contribution is -0.153. The number of ether oxygens (including phenoxy) is 3. The molecule has 3 rings (SSSR count). The molecule has 13 nitrogen and oxygen atoms in total. The van der Waals surface area contributed by atoms with Gasteiger partial charge in [-0.2, -0.15) is 0 Å². The quantitative estimate of drug-likeness (QED) is 0.210. The van der Waals surface area contributed by atoms with Crippen molar-refractivity contribution in [1.29, 1.82) is 0 Å². The summed E-state index contributed by atoms with van der Waals surface area (Å²) in [6.07, 6.45) is 1.90. The van der Waals surface area contributed by atoms with E-state index in [-0.39, 0.29) is 24.8 Å². The number of carbonyl (C=O) groups excluding carboxylic acids is 2. The van der Waals surface area contributed by atoms with Crippen molar-refractivity contribution in [1.82, 2.24) is 24.6 Å². The average molecular weight is 577 g/mol. The Hall–Kier alpha value is -3.54. The third-order valence-corrected chi connectivity index (χ3v) is 7.44. The Morgan fingerprint density at radius 3 is 2.42 bits per heavy atom. The minimum Gasteiger partial charge on any atom is -0.462 e. The zero-order valence-corrected chi connectivity index (χ0v) is 24.7. The van der Waals surface area contributed by atoms with E-state index in [0.717, 1.165) is 0 Å². The van der Waals surface area contributed by atoms with Crippen LogP contribution in [0.3, 0.4) is 0 Å². The summed E-state index contributed by atoms with van der Waals surface area (Å²) in [4.78, 5) is 37.6. The van der Waals surface area contributed by atoms with E-state index in [0.29, 0.717) is 29.1 Å². The lowest BCUT2D eigenvalue weighted by Gasteiger charge is -2.31. The van der Waals surface area contributed by atoms with E-state index in [1.54, 1.807) is 52.6 Å². The minimum atomic E-state index is -3.87. The van der Waals surface area contributed by atoms with Crippen LogP contribution in [0.15, 0.2) is 36.9 Å². The number of fused-ring (bicyclic) bond motifs is 1. The molecular weight excluding hydrogens is 539 g/mol. The summed E-state index contributed by atoms with van der Waals surface area (Å²) < 4.78 is 38.1. The first-order valence-corrected chi connectivity index (χ1v) is 14.7. The smallest absolute Gasteiger partial charge is 0.342 e. The summed E-state index contributed by atoms with van der Waals surface area (Å²) in [7, 11) is -2.12. The molecule has 2 atom stereocenters. The molecule has 0 radical (unpaired) electrons. The molecule has 0 aliphatic rings. The minimum absolute atomic E-state index is 0.213. The van der Waals surface area contributed by atoms with Crippen LogP contribution < -0.4 is 14.9 Å². The van der Waals surface area contributed by atoms with E-state index in [2.05, 4.69) is 25.4 Å². The van der Waals surface area contributed by atoms with Crippen LogP contribution in [-0.2, 0) is 30.1 Å². The van der Waals surface area contributed by atoms with Crippen LogP contribution in [0.1, 0.15) is 51.9 Å². The molecule has 2 N–H and O–H groups in total. The maximum absolute atomic E-state index is 14.1. The predicted molar refractivity (Wildman–Crippen MR) is 149 cm³/mol. The molecule has 0 aliphatic carbocycles. The lowest BCUT2D eigenvalue weighted by Crippen LogP contribution is -2.48. The molecule has 0 saturated carbocycles. The van der Waals surface area contributed by atoms with Gasteiger partial charge in [0, 0.05) is 7.05 Å². The molecule has 14 heteroatoms. The average Bonchev–Trinajstić information content (AvgIpc) is 3.30. The number of nitrogens with zero attached hydrogens (tertiary/aromatic N) is 4. The number of imidazole rings is 1. The number of anilines is 1. The first-order chi connectivity index (χ1) is 18.9. The van der Waals surface area contributed by atoms with Crippen LogP contribution in [0.25, 0.3) is 11.2 Å². The zero-order chi connectivity index (χ0) is 29.5. The van der Waals surface area contributed by atoms with Crippen LogP contribution in [-0.4, -0.2) is 69.2 Å². The van der Waals surface area contributed by atoms with Gasteiger partial charge in [0.15, 0.2) is 11.5 Å². The van der Waals surface area contributed by atoms with Gasteiger partial charge in [-0.1, -0.05) is 0 Å². The zero-order valence-electron chi connectivity index (χ0n) is 23.8. The van der Waals surface area contributed by atoms with Gasteiger partial charge in [0.2, 0.25) is 0 Å². The number of esters is 2. The van der Waals surface area contributed by atoms with Gasteiger partial charge in [0.05, 0.1) is 37.3 Å². The van der Waals surface area contributed by atoms with E-state index >= 15 is 0 Å². The Labute approximate surface area is 233 Å². The van der Waals surface area contributed by atoms with E-state index in [1.165, 1.54) is 30.6 Å². The lowest BCUT2D eigenvalue weighted by atomic mass is 10.1. The number of hydrogen-bond acceptors (Lipinski definition) is 11. The maximum atomic E-state index is 14.1. The number of hydrogen-bond donors (Lipinski definition) is 2. The highest BCUT2D eigenvalue weighted by atomic mass is 31.2. The molecule has 0 bridgehead atoms. The highest BCUT2D eigenvalue weighted by Crippen LogP contribution is 2.45. The second-order valence-corrected chi connectivity index (χ2v) is 11.9. The summed E-state index contributed by atoms with van der Waals surface area (Å²) in [6, 6.07) is 6.01. The van der Waals surface area contributed by atoms with Crippen molar-refractivity contribution in [3.63, 3.8) is 0 Å². The highest BCUT2D eigenvalue weighted by Gasteiger charge is 2.40. The number of carbonyl (C=O) groups is 2. The van der Waals surface area contributed by atoms with Crippen LogP contribution in [0, 0.1) is 0 Å². The summed E-state index contributed by atoms with van der Waals surface area (Å²) in [6.45, 7) is 10.7. The molecule has 0 saturated heterocycles. The largest absolute Gasteiger partial charge is 0.462 e. The SMILES string of the molecule is CCOC(=O)c1ccc(OP(=O)(COC(C)Cn2cnc3c(NC)ncnc32)NC(C)(C)C(=O)OC(C)C)cc1. The summed E-state index contributed by atoms with van der Waals surface area (Å²) >= 11 is 0. The van der Waals surface area contributed by atoms with E-state index in [4.69, 9.17) is 18.7 Å². The molecule has 0 spiro atoms. The molecule has 40 heavy (non-hydrogen) atoms. The Kier molecular flexibility index (Phi) is 10.2. The monoisotopic (exact) mass is 576 g/mol. The fourth-order valence-electron chi connectivity index (χ4n) is 3.70. The number of benzene rings is 1. The topological polar surface area (TPSA) is 156 Å². The number of rotatable bonds is 14. The Morgan fingerprint density at radius 2 is 1.80 bits per heavy atom. The van der Waals surface area contributed by atoms with Gasteiger partial charge in [0.25, 0.3) is 0 Å². The molecule has 0 fully saturated rings. The molecule has 2 aromatic heterocycles.